The van der Waals surface area contributed by atoms with E-state index in [0.717, 1.165) is 9.37 Å². The minimum atomic E-state index is -0.374. The Balaban J connectivity index is 1.69. The summed E-state index contributed by atoms with van der Waals surface area (Å²) in [7, 11) is 0. The van der Waals surface area contributed by atoms with Gasteiger partial charge in [0.2, 0.25) is 5.91 Å². The Kier molecular flexibility index (Phi) is 6.14. The molecule has 3 rings (SSSR count). The smallest absolute Gasteiger partial charge is 0.309 e. The molecule has 140 valence electrons. The summed E-state index contributed by atoms with van der Waals surface area (Å²) in [5, 5.41) is 0. The maximum Gasteiger partial charge on any atom is 0.309 e. The number of quaternary nitrogens is 1. The first-order valence-corrected chi connectivity index (χ1v) is 10.3. The van der Waals surface area contributed by atoms with Crippen LogP contribution < -0.4 is 9.80 Å². The number of anilines is 1. The molecule has 0 aliphatic carbocycles. The highest BCUT2D eigenvalue weighted by atomic mass is 79.9. The molecule has 1 unspecified atom stereocenters. The van der Waals surface area contributed by atoms with Crippen molar-refractivity contribution < 1.29 is 24.0 Å². The van der Waals surface area contributed by atoms with Gasteiger partial charge in [-0.2, -0.15) is 0 Å². The van der Waals surface area contributed by atoms with Gasteiger partial charge in [0.25, 0.3) is 5.91 Å². The van der Waals surface area contributed by atoms with E-state index in [4.69, 9.17) is 4.74 Å². The normalized spacial score (nSPS) is 26.3. The summed E-state index contributed by atoms with van der Waals surface area (Å²) >= 11 is 6.81. The van der Waals surface area contributed by atoms with Crippen LogP contribution in [0.1, 0.15) is 26.2 Å². The molecular weight excluding hydrogens is 468 g/mol. The molecule has 8 heteroatoms. The molecule has 0 bridgehead atoms. The number of nitrogens with zero attached hydrogens (tertiary/aromatic N) is 1. The third-order valence-corrected chi connectivity index (χ3v) is 6.17. The number of halogens is 2. The number of imide groups is 1. The molecule has 0 saturated carbocycles. The minimum absolute atomic E-state index is 0.0948. The lowest BCUT2D eigenvalue weighted by Gasteiger charge is -2.31. The Bertz CT molecular complexity index is 732. The zero-order valence-electron chi connectivity index (χ0n) is 14.5. The molecule has 2 heterocycles. The van der Waals surface area contributed by atoms with E-state index in [1.807, 2.05) is 12.1 Å². The van der Waals surface area contributed by atoms with E-state index in [2.05, 4.69) is 31.9 Å². The first-order chi connectivity index (χ1) is 12.4. The van der Waals surface area contributed by atoms with Crippen molar-refractivity contribution in [3.05, 3.63) is 27.1 Å². The number of likely N-dealkylation sites (tertiary alicyclic amines) is 1. The van der Waals surface area contributed by atoms with Crippen LogP contribution >= 0.6 is 31.9 Å². The topological polar surface area (TPSA) is 68.1 Å². The van der Waals surface area contributed by atoms with Gasteiger partial charge >= 0.3 is 5.97 Å². The van der Waals surface area contributed by atoms with Crippen LogP contribution in [-0.4, -0.2) is 43.5 Å². The van der Waals surface area contributed by atoms with Gasteiger partial charge in [-0.1, -0.05) is 15.9 Å². The summed E-state index contributed by atoms with van der Waals surface area (Å²) < 4.78 is 6.66. The number of ether oxygens (including phenoxy) is 1. The number of rotatable bonds is 4. The summed E-state index contributed by atoms with van der Waals surface area (Å²) in [6.45, 7) is 3.58. The van der Waals surface area contributed by atoms with Crippen molar-refractivity contribution in [3.8, 4) is 0 Å². The summed E-state index contributed by atoms with van der Waals surface area (Å²) in [4.78, 5) is 39.7. The highest BCUT2D eigenvalue weighted by molar-refractivity contribution is 9.11. The number of nitrogens with one attached hydrogen (secondary N) is 1. The van der Waals surface area contributed by atoms with Crippen molar-refractivity contribution in [2.45, 2.75) is 32.2 Å². The number of piperidine rings is 1. The molecule has 1 N–H and O–H groups in total. The van der Waals surface area contributed by atoms with E-state index in [0.29, 0.717) is 42.7 Å². The molecule has 26 heavy (non-hydrogen) atoms. The number of amides is 2. The third kappa shape index (κ3) is 3.87. The van der Waals surface area contributed by atoms with Gasteiger partial charge in [-0.3, -0.25) is 14.4 Å². The SMILES string of the molecule is CCOC(=O)C1CC[NH+](C2CC(=O)N(c3ccc(Br)cc3Br)C2=O)CC1. The lowest BCUT2D eigenvalue weighted by Crippen LogP contribution is -3.17. The van der Waals surface area contributed by atoms with Crippen molar-refractivity contribution in [2.75, 3.05) is 24.6 Å². The molecule has 2 aliphatic rings. The highest BCUT2D eigenvalue weighted by Crippen LogP contribution is 2.32. The molecule has 2 fully saturated rings. The number of carbonyl (C=O) groups excluding carboxylic acids is 3. The fourth-order valence-corrected chi connectivity index (χ4v) is 4.92. The van der Waals surface area contributed by atoms with E-state index in [1.165, 1.54) is 4.90 Å². The van der Waals surface area contributed by atoms with Gasteiger partial charge in [-0.05, 0) is 41.1 Å². The molecule has 1 atom stereocenters. The van der Waals surface area contributed by atoms with Crippen LogP contribution in [0.4, 0.5) is 5.69 Å². The van der Waals surface area contributed by atoms with Gasteiger partial charge in [0, 0.05) is 21.8 Å². The Morgan fingerprint density at radius 1 is 1.27 bits per heavy atom. The second-order valence-electron chi connectivity index (χ2n) is 6.60. The van der Waals surface area contributed by atoms with Crippen LogP contribution in [0.2, 0.25) is 0 Å². The molecule has 0 spiro atoms. The zero-order chi connectivity index (χ0) is 18.8. The highest BCUT2D eigenvalue weighted by Gasteiger charge is 2.47. The van der Waals surface area contributed by atoms with Crippen LogP contribution in [0.25, 0.3) is 0 Å². The van der Waals surface area contributed by atoms with Gasteiger partial charge in [-0.15, -0.1) is 0 Å². The lowest BCUT2D eigenvalue weighted by molar-refractivity contribution is -0.920. The van der Waals surface area contributed by atoms with Crippen LogP contribution in [-0.2, 0) is 19.1 Å². The summed E-state index contributed by atoms with van der Waals surface area (Å²) in [5.41, 5.74) is 0.575. The number of carbonyl (C=O) groups is 3. The molecule has 2 aliphatic heterocycles. The molecule has 2 saturated heterocycles. The van der Waals surface area contributed by atoms with Crippen LogP contribution in [0, 0.1) is 5.92 Å². The summed E-state index contributed by atoms with van der Waals surface area (Å²) in [6.07, 6.45) is 1.59. The van der Waals surface area contributed by atoms with Crippen molar-refractivity contribution in [1.29, 1.82) is 0 Å². The number of hydrogen-bond acceptors (Lipinski definition) is 4. The molecule has 0 radical (unpaired) electrons. The average Bonchev–Trinajstić information content (AvgIpc) is 2.90. The number of esters is 1. The van der Waals surface area contributed by atoms with Crippen molar-refractivity contribution >= 4 is 55.3 Å². The van der Waals surface area contributed by atoms with Crippen LogP contribution in [0.15, 0.2) is 27.1 Å². The lowest BCUT2D eigenvalue weighted by atomic mass is 9.95. The third-order valence-electron chi connectivity index (χ3n) is 5.04. The van der Waals surface area contributed by atoms with Gasteiger partial charge in [0.15, 0.2) is 6.04 Å². The van der Waals surface area contributed by atoms with Gasteiger partial charge in [-0.25, -0.2) is 4.90 Å². The molecular formula is C18H21Br2N2O4+. The van der Waals surface area contributed by atoms with Crippen molar-refractivity contribution in [2.24, 2.45) is 5.92 Å². The van der Waals surface area contributed by atoms with Crippen molar-refractivity contribution in [1.82, 2.24) is 0 Å². The fourth-order valence-electron chi connectivity index (χ4n) is 3.70. The standard InChI is InChI=1S/C18H20Br2N2O4/c1-2-26-18(25)11-5-7-21(8-6-11)15-10-16(23)22(17(15)24)14-4-3-12(19)9-13(14)20/h3-4,9,11,15H,2,5-8,10H2,1H3/p+1. The minimum Gasteiger partial charge on any atom is -0.466 e. The number of hydrogen-bond donors (Lipinski definition) is 1. The van der Waals surface area contributed by atoms with E-state index in [1.54, 1.807) is 13.0 Å². The Morgan fingerprint density at radius 3 is 2.58 bits per heavy atom. The van der Waals surface area contributed by atoms with Gasteiger partial charge in [0.05, 0.1) is 37.7 Å². The first-order valence-electron chi connectivity index (χ1n) is 8.75. The van der Waals surface area contributed by atoms with Crippen molar-refractivity contribution in [3.63, 3.8) is 0 Å². The second kappa shape index (κ2) is 8.19. The molecule has 1 aromatic carbocycles. The molecule has 2 amide bonds. The van der Waals surface area contributed by atoms with E-state index < -0.39 is 0 Å². The summed E-state index contributed by atoms with van der Waals surface area (Å²) in [6, 6.07) is 5.02. The second-order valence-corrected chi connectivity index (χ2v) is 8.37. The monoisotopic (exact) mass is 487 g/mol. The van der Waals surface area contributed by atoms with E-state index in [-0.39, 0.29) is 36.2 Å². The zero-order valence-corrected chi connectivity index (χ0v) is 17.6. The first kappa shape index (κ1) is 19.5. The van der Waals surface area contributed by atoms with E-state index >= 15 is 0 Å². The summed E-state index contributed by atoms with van der Waals surface area (Å²) in [5.74, 6) is -0.589. The average molecular weight is 489 g/mol. The number of benzene rings is 1. The quantitative estimate of drug-likeness (QED) is 0.517. The predicted molar refractivity (Wildman–Crippen MR) is 103 cm³/mol. The maximum absolute atomic E-state index is 12.9. The van der Waals surface area contributed by atoms with E-state index in [9.17, 15) is 14.4 Å². The van der Waals surface area contributed by atoms with Gasteiger partial charge < -0.3 is 9.64 Å². The molecule has 0 aromatic heterocycles. The van der Waals surface area contributed by atoms with Crippen LogP contribution in [0.3, 0.4) is 0 Å². The predicted octanol–water partition coefficient (Wildman–Crippen LogP) is 1.70. The molecule has 1 aromatic rings. The largest absolute Gasteiger partial charge is 0.466 e. The Morgan fingerprint density at radius 2 is 1.96 bits per heavy atom. The van der Waals surface area contributed by atoms with Gasteiger partial charge in [0.1, 0.15) is 0 Å². The van der Waals surface area contributed by atoms with Crippen LogP contribution in [0.5, 0.6) is 0 Å². The Hall–Kier alpha value is -1.25. The maximum atomic E-state index is 12.9. The molecule has 6 nitrogen and oxygen atoms in total. The fraction of sp³-hybridized carbons (Fsp3) is 0.500. The Labute approximate surface area is 169 Å².